The van der Waals surface area contributed by atoms with Crippen LogP contribution in [0.2, 0.25) is 0 Å². The van der Waals surface area contributed by atoms with Crippen LogP contribution in [0.3, 0.4) is 0 Å². The Bertz CT molecular complexity index is 313. The van der Waals surface area contributed by atoms with Crippen molar-refractivity contribution in [3.63, 3.8) is 0 Å². The van der Waals surface area contributed by atoms with E-state index in [0.29, 0.717) is 6.10 Å². The normalized spacial score (nSPS) is 25.4. The summed E-state index contributed by atoms with van der Waals surface area (Å²) in [5.41, 5.74) is 1.22. The number of rotatable bonds is 2. The quantitative estimate of drug-likeness (QED) is 0.665. The zero-order valence-corrected chi connectivity index (χ0v) is 8.15. The number of hydrogen-bond acceptors (Lipinski definition) is 3. The van der Waals surface area contributed by atoms with E-state index in [1.807, 2.05) is 6.20 Å². The summed E-state index contributed by atoms with van der Waals surface area (Å²) in [7, 11) is 0. The fourth-order valence-corrected chi connectivity index (χ4v) is 1.96. The summed E-state index contributed by atoms with van der Waals surface area (Å²) in [4.78, 5) is 6.81. The average Bonchev–Trinajstić information content (AvgIpc) is 2.94. The van der Waals surface area contributed by atoms with Crippen LogP contribution in [0.5, 0.6) is 0 Å². The molecule has 1 atom stereocenters. The largest absolute Gasteiger partial charge is 0.368 e. The lowest BCUT2D eigenvalue weighted by molar-refractivity contribution is 0.415. The van der Waals surface area contributed by atoms with Crippen LogP contribution in [0.25, 0.3) is 0 Å². The third-order valence-electron chi connectivity index (χ3n) is 2.91. The minimum Gasteiger partial charge on any atom is -0.368 e. The minimum absolute atomic E-state index is 0.329. The molecule has 0 spiro atoms. The van der Waals surface area contributed by atoms with Crippen LogP contribution in [0.15, 0.2) is 18.3 Å². The Hall–Kier alpha value is -1.09. The highest BCUT2D eigenvalue weighted by Gasteiger charge is 2.25. The summed E-state index contributed by atoms with van der Waals surface area (Å²) in [6.45, 7) is 3.18. The maximum absolute atomic E-state index is 5.21. The molecular weight excluding hydrogens is 176 g/mol. The molecule has 1 aromatic heterocycles. The van der Waals surface area contributed by atoms with Crippen molar-refractivity contribution in [1.29, 1.82) is 0 Å². The molecule has 3 heterocycles. The van der Waals surface area contributed by atoms with Crippen LogP contribution < -0.4 is 4.90 Å². The number of anilines is 1. The Morgan fingerprint density at radius 1 is 1.29 bits per heavy atom. The standard InChI is InChI=1S/C11H14N2O/c1-2-6-13(5-1)11-4-3-9(7-12-11)10-8-14-10/h3-4,7,10H,1-2,5-6,8H2/t10-/m1/s1. The summed E-state index contributed by atoms with van der Waals surface area (Å²) >= 11 is 0. The van der Waals surface area contributed by atoms with Gasteiger partial charge in [-0.3, -0.25) is 0 Å². The molecule has 0 amide bonds. The highest BCUT2D eigenvalue weighted by molar-refractivity contribution is 5.40. The van der Waals surface area contributed by atoms with Crippen molar-refractivity contribution in [1.82, 2.24) is 4.98 Å². The van der Waals surface area contributed by atoms with Gasteiger partial charge in [0, 0.05) is 24.8 Å². The summed E-state index contributed by atoms with van der Waals surface area (Å²) in [6, 6.07) is 4.25. The molecule has 2 aliphatic heterocycles. The lowest BCUT2D eigenvalue weighted by Gasteiger charge is -2.15. The first-order chi connectivity index (χ1) is 6.93. The molecule has 0 aromatic carbocycles. The van der Waals surface area contributed by atoms with Crippen LogP contribution in [-0.4, -0.2) is 24.7 Å². The molecule has 3 heteroatoms. The Morgan fingerprint density at radius 2 is 2.07 bits per heavy atom. The maximum atomic E-state index is 5.21. The minimum atomic E-state index is 0.329. The van der Waals surface area contributed by atoms with E-state index < -0.39 is 0 Å². The molecule has 0 unspecified atom stereocenters. The fourth-order valence-electron chi connectivity index (χ4n) is 1.96. The number of hydrogen-bond donors (Lipinski definition) is 0. The van der Waals surface area contributed by atoms with Gasteiger partial charge in [0.15, 0.2) is 0 Å². The Morgan fingerprint density at radius 3 is 2.64 bits per heavy atom. The van der Waals surface area contributed by atoms with Gasteiger partial charge >= 0.3 is 0 Å². The first-order valence-corrected chi connectivity index (χ1v) is 5.26. The second-order valence-electron chi connectivity index (χ2n) is 3.97. The highest BCUT2D eigenvalue weighted by atomic mass is 16.6. The van der Waals surface area contributed by atoms with Gasteiger partial charge in [0.1, 0.15) is 11.9 Å². The molecule has 14 heavy (non-hydrogen) atoms. The molecule has 0 bridgehead atoms. The molecule has 2 aliphatic rings. The molecule has 2 fully saturated rings. The summed E-state index contributed by atoms with van der Waals surface area (Å²) in [5.74, 6) is 1.12. The predicted molar refractivity (Wildman–Crippen MR) is 54.4 cm³/mol. The molecule has 0 saturated carbocycles. The van der Waals surface area contributed by atoms with E-state index in [1.165, 1.54) is 18.4 Å². The number of nitrogens with zero attached hydrogens (tertiary/aromatic N) is 2. The molecule has 0 aliphatic carbocycles. The zero-order chi connectivity index (χ0) is 9.38. The van der Waals surface area contributed by atoms with Crippen molar-refractivity contribution in [2.24, 2.45) is 0 Å². The molecule has 0 N–H and O–H groups in total. The van der Waals surface area contributed by atoms with E-state index in [1.54, 1.807) is 0 Å². The fraction of sp³-hybridized carbons (Fsp3) is 0.545. The van der Waals surface area contributed by atoms with Gasteiger partial charge in [-0.05, 0) is 18.9 Å². The van der Waals surface area contributed by atoms with Gasteiger partial charge in [-0.1, -0.05) is 6.07 Å². The molecule has 3 nitrogen and oxygen atoms in total. The second-order valence-corrected chi connectivity index (χ2v) is 3.97. The lowest BCUT2D eigenvalue weighted by Crippen LogP contribution is -2.18. The Balaban J connectivity index is 1.78. The SMILES string of the molecule is c1cc(N2CCCC2)ncc1[C@H]1CO1. The molecular formula is C11H14N2O. The molecule has 3 rings (SSSR count). The van der Waals surface area contributed by atoms with Crippen LogP contribution >= 0.6 is 0 Å². The number of aromatic nitrogens is 1. The van der Waals surface area contributed by atoms with Crippen LogP contribution in [0.1, 0.15) is 24.5 Å². The summed E-state index contributed by atoms with van der Waals surface area (Å²) in [5, 5.41) is 0. The van der Waals surface area contributed by atoms with Crippen LogP contribution in [0, 0.1) is 0 Å². The third kappa shape index (κ3) is 1.48. The van der Waals surface area contributed by atoms with Gasteiger partial charge in [0.2, 0.25) is 0 Å². The molecule has 1 aromatic rings. The number of epoxide rings is 1. The predicted octanol–water partition coefficient (Wildman–Crippen LogP) is 1.75. The van der Waals surface area contributed by atoms with Gasteiger partial charge in [-0.15, -0.1) is 0 Å². The molecule has 74 valence electrons. The van der Waals surface area contributed by atoms with Gasteiger partial charge in [0.05, 0.1) is 6.61 Å². The van der Waals surface area contributed by atoms with Crippen molar-refractivity contribution < 1.29 is 4.74 Å². The smallest absolute Gasteiger partial charge is 0.128 e. The topological polar surface area (TPSA) is 28.7 Å². The van der Waals surface area contributed by atoms with Crippen molar-refractivity contribution in [3.05, 3.63) is 23.9 Å². The third-order valence-corrected chi connectivity index (χ3v) is 2.91. The van der Waals surface area contributed by atoms with Crippen molar-refractivity contribution in [2.75, 3.05) is 24.6 Å². The summed E-state index contributed by atoms with van der Waals surface area (Å²) in [6.07, 6.45) is 4.88. The van der Waals surface area contributed by atoms with Crippen molar-refractivity contribution in [2.45, 2.75) is 18.9 Å². The lowest BCUT2D eigenvalue weighted by atomic mass is 10.2. The Kier molecular flexibility index (Phi) is 1.91. The van der Waals surface area contributed by atoms with Crippen molar-refractivity contribution in [3.8, 4) is 0 Å². The number of ether oxygens (including phenoxy) is 1. The van der Waals surface area contributed by atoms with Gasteiger partial charge < -0.3 is 9.64 Å². The zero-order valence-electron chi connectivity index (χ0n) is 8.15. The first kappa shape index (κ1) is 8.24. The molecule has 0 radical (unpaired) electrons. The highest BCUT2D eigenvalue weighted by Crippen LogP contribution is 2.30. The number of pyridine rings is 1. The van der Waals surface area contributed by atoms with Crippen molar-refractivity contribution >= 4 is 5.82 Å². The van der Waals surface area contributed by atoms with E-state index in [4.69, 9.17) is 4.74 Å². The Labute approximate surface area is 83.7 Å². The summed E-state index contributed by atoms with van der Waals surface area (Å²) < 4.78 is 5.21. The van der Waals surface area contributed by atoms with E-state index in [2.05, 4.69) is 22.0 Å². The van der Waals surface area contributed by atoms with Crippen LogP contribution in [0.4, 0.5) is 5.82 Å². The molecule has 2 saturated heterocycles. The van der Waals surface area contributed by atoms with E-state index >= 15 is 0 Å². The van der Waals surface area contributed by atoms with E-state index in [-0.39, 0.29) is 0 Å². The van der Waals surface area contributed by atoms with Gasteiger partial charge in [0.25, 0.3) is 0 Å². The first-order valence-electron chi connectivity index (χ1n) is 5.26. The van der Waals surface area contributed by atoms with E-state index in [9.17, 15) is 0 Å². The van der Waals surface area contributed by atoms with E-state index in [0.717, 1.165) is 25.5 Å². The van der Waals surface area contributed by atoms with Crippen LogP contribution in [-0.2, 0) is 4.74 Å². The average molecular weight is 190 g/mol. The maximum Gasteiger partial charge on any atom is 0.128 e. The monoisotopic (exact) mass is 190 g/mol. The van der Waals surface area contributed by atoms with Gasteiger partial charge in [-0.25, -0.2) is 4.98 Å². The second kappa shape index (κ2) is 3.24. The van der Waals surface area contributed by atoms with Gasteiger partial charge in [-0.2, -0.15) is 0 Å².